The topological polar surface area (TPSA) is 28.7 Å². The van der Waals surface area contributed by atoms with Crippen LogP contribution < -0.4 is 0 Å². The smallest absolute Gasteiger partial charge is 0.145 e. The second-order valence-electron chi connectivity index (χ2n) is 2.90. The van der Waals surface area contributed by atoms with E-state index in [0.717, 1.165) is 0 Å². The molecule has 0 spiro atoms. The predicted octanol–water partition coefficient (Wildman–Crippen LogP) is 3.71. The highest BCUT2D eigenvalue weighted by Gasteiger charge is 2.09. The number of H-pyrrole nitrogens is 1. The summed E-state index contributed by atoms with van der Waals surface area (Å²) in [7, 11) is 0. The van der Waals surface area contributed by atoms with E-state index in [2.05, 4.69) is 25.9 Å². The number of aromatic nitrogens is 2. The van der Waals surface area contributed by atoms with Gasteiger partial charge in [0.25, 0.3) is 0 Å². The van der Waals surface area contributed by atoms with Crippen LogP contribution in [0.2, 0.25) is 0 Å². The van der Waals surface area contributed by atoms with E-state index in [1.165, 1.54) is 6.33 Å². The molecular formula is C10H6BrFN2S. The molecule has 0 aliphatic heterocycles. The molecular weight excluding hydrogens is 279 g/mol. The molecule has 0 radical (unpaired) electrons. The van der Waals surface area contributed by atoms with Gasteiger partial charge in [0.1, 0.15) is 10.5 Å². The number of halogens is 2. The van der Waals surface area contributed by atoms with Crippen LogP contribution in [0, 0.1) is 10.5 Å². The lowest BCUT2D eigenvalue weighted by atomic mass is 10.1. The number of nitrogens with zero attached hydrogens (tertiary/aromatic N) is 1. The standard InChI is InChI=1S/C10H6BrFN2S/c11-8-3-1-2-6(9(8)12)7-4-13-5-14-10(7)15/h1-5H,(H,13,14,15). The molecule has 1 aromatic heterocycles. The van der Waals surface area contributed by atoms with E-state index < -0.39 is 0 Å². The summed E-state index contributed by atoms with van der Waals surface area (Å²) in [6.45, 7) is 0. The lowest BCUT2D eigenvalue weighted by Gasteiger charge is -2.03. The maximum atomic E-state index is 13.7. The zero-order chi connectivity index (χ0) is 10.8. The van der Waals surface area contributed by atoms with Crippen molar-refractivity contribution in [3.05, 3.63) is 45.7 Å². The van der Waals surface area contributed by atoms with Crippen molar-refractivity contribution in [3.63, 3.8) is 0 Å². The molecule has 0 saturated heterocycles. The molecule has 76 valence electrons. The molecule has 1 N–H and O–H groups in total. The van der Waals surface area contributed by atoms with E-state index in [9.17, 15) is 4.39 Å². The highest BCUT2D eigenvalue weighted by molar-refractivity contribution is 9.10. The molecule has 0 bridgehead atoms. The second kappa shape index (κ2) is 4.20. The molecule has 0 amide bonds. The molecule has 2 nitrogen and oxygen atoms in total. The first-order valence-electron chi connectivity index (χ1n) is 4.17. The van der Waals surface area contributed by atoms with Gasteiger partial charge in [-0.25, -0.2) is 9.37 Å². The Labute approximate surface area is 99.3 Å². The van der Waals surface area contributed by atoms with Crippen molar-refractivity contribution in [3.8, 4) is 11.1 Å². The van der Waals surface area contributed by atoms with Crippen molar-refractivity contribution in [1.29, 1.82) is 0 Å². The van der Waals surface area contributed by atoms with Gasteiger partial charge in [-0.3, -0.25) is 0 Å². The van der Waals surface area contributed by atoms with Crippen LogP contribution in [-0.4, -0.2) is 9.97 Å². The molecule has 0 aliphatic rings. The maximum Gasteiger partial charge on any atom is 0.145 e. The van der Waals surface area contributed by atoms with Gasteiger partial charge in [0.2, 0.25) is 0 Å². The van der Waals surface area contributed by atoms with E-state index in [4.69, 9.17) is 12.2 Å². The first kappa shape index (κ1) is 10.4. The fourth-order valence-electron chi connectivity index (χ4n) is 1.25. The minimum absolute atomic E-state index is 0.329. The van der Waals surface area contributed by atoms with Gasteiger partial charge >= 0.3 is 0 Å². The van der Waals surface area contributed by atoms with Crippen molar-refractivity contribution in [1.82, 2.24) is 9.97 Å². The Hall–Kier alpha value is -1.07. The van der Waals surface area contributed by atoms with Crippen LogP contribution >= 0.6 is 28.1 Å². The molecule has 0 aliphatic carbocycles. The van der Waals surface area contributed by atoms with Crippen molar-refractivity contribution in [2.24, 2.45) is 0 Å². The zero-order valence-electron chi connectivity index (χ0n) is 7.50. The van der Waals surface area contributed by atoms with E-state index in [1.54, 1.807) is 24.4 Å². The van der Waals surface area contributed by atoms with E-state index >= 15 is 0 Å². The fourth-order valence-corrected chi connectivity index (χ4v) is 1.83. The van der Waals surface area contributed by atoms with Crippen molar-refractivity contribution in [2.75, 3.05) is 0 Å². The van der Waals surface area contributed by atoms with Gasteiger partial charge in [-0.1, -0.05) is 24.4 Å². The highest BCUT2D eigenvalue weighted by Crippen LogP contribution is 2.27. The summed E-state index contributed by atoms with van der Waals surface area (Å²) in [4.78, 5) is 6.66. The van der Waals surface area contributed by atoms with Gasteiger partial charge in [0.05, 0.1) is 10.8 Å². The normalized spacial score (nSPS) is 10.3. The third-order valence-electron chi connectivity index (χ3n) is 1.96. The minimum Gasteiger partial charge on any atom is -0.337 e. The molecule has 5 heteroatoms. The molecule has 1 aromatic carbocycles. The Morgan fingerprint density at radius 3 is 2.87 bits per heavy atom. The third-order valence-corrected chi connectivity index (χ3v) is 2.91. The van der Waals surface area contributed by atoms with Crippen molar-refractivity contribution in [2.45, 2.75) is 0 Å². The number of nitrogens with one attached hydrogen (secondary N) is 1. The quantitative estimate of drug-likeness (QED) is 0.809. The molecule has 0 saturated carbocycles. The molecule has 1 heterocycles. The summed E-state index contributed by atoms with van der Waals surface area (Å²) in [5.74, 6) is -0.329. The average Bonchev–Trinajstić information content (AvgIpc) is 2.23. The SMILES string of the molecule is Fc1c(Br)cccc1-c1cnc[nH]c1=S. The van der Waals surface area contributed by atoms with Gasteiger partial charge in [0, 0.05) is 17.3 Å². The first-order chi connectivity index (χ1) is 7.20. The van der Waals surface area contributed by atoms with Crippen molar-refractivity contribution < 1.29 is 4.39 Å². The number of aromatic amines is 1. The summed E-state index contributed by atoms with van der Waals surface area (Å²) >= 11 is 8.19. The lowest BCUT2D eigenvalue weighted by molar-refractivity contribution is 0.624. The molecule has 0 fully saturated rings. The van der Waals surface area contributed by atoms with Crippen LogP contribution in [0.1, 0.15) is 0 Å². The Bertz CT molecular complexity index is 553. The fraction of sp³-hybridized carbons (Fsp3) is 0. The number of hydrogen-bond donors (Lipinski definition) is 1. The summed E-state index contributed by atoms with van der Waals surface area (Å²) < 4.78 is 14.6. The van der Waals surface area contributed by atoms with Gasteiger partial charge in [-0.05, 0) is 22.0 Å². The summed E-state index contributed by atoms with van der Waals surface area (Å²) in [6.07, 6.45) is 3.02. The van der Waals surface area contributed by atoms with Crippen LogP contribution in [0.5, 0.6) is 0 Å². The molecule has 0 atom stereocenters. The van der Waals surface area contributed by atoms with E-state index in [1.807, 2.05) is 0 Å². The average molecular weight is 285 g/mol. The maximum absolute atomic E-state index is 13.7. The Kier molecular flexibility index (Phi) is 2.93. The zero-order valence-corrected chi connectivity index (χ0v) is 9.90. The molecule has 2 aromatic rings. The number of rotatable bonds is 1. The van der Waals surface area contributed by atoms with Crippen LogP contribution in [0.3, 0.4) is 0 Å². The summed E-state index contributed by atoms with van der Waals surface area (Å²) in [6, 6.07) is 5.06. The summed E-state index contributed by atoms with van der Waals surface area (Å²) in [5.41, 5.74) is 1.03. The van der Waals surface area contributed by atoms with Crippen molar-refractivity contribution >= 4 is 28.1 Å². The monoisotopic (exact) mass is 284 g/mol. The summed E-state index contributed by atoms with van der Waals surface area (Å²) in [5, 5.41) is 0. The highest BCUT2D eigenvalue weighted by atomic mass is 79.9. The van der Waals surface area contributed by atoms with E-state index in [-0.39, 0.29) is 5.82 Å². The first-order valence-corrected chi connectivity index (χ1v) is 5.37. The van der Waals surface area contributed by atoms with Crippen LogP contribution in [0.15, 0.2) is 35.2 Å². The predicted molar refractivity (Wildman–Crippen MR) is 62.5 cm³/mol. The number of benzene rings is 1. The molecule has 0 unspecified atom stereocenters. The van der Waals surface area contributed by atoms with Crippen LogP contribution in [0.25, 0.3) is 11.1 Å². The van der Waals surface area contributed by atoms with Crippen LogP contribution in [-0.2, 0) is 0 Å². The van der Waals surface area contributed by atoms with E-state index in [0.29, 0.717) is 20.2 Å². The lowest BCUT2D eigenvalue weighted by Crippen LogP contribution is -1.89. The van der Waals surface area contributed by atoms with Crippen LogP contribution in [0.4, 0.5) is 4.39 Å². The minimum atomic E-state index is -0.329. The largest absolute Gasteiger partial charge is 0.337 e. The third kappa shape index (κ3) is 1.98. The Balaban J connectivity index is 2.70. The van der Waals surface area contributed by atoms with Gasteiger partial charge in [-0.2, -0.15) is 0 Å². The van der Waals surface area contributed by atoms with Gasteiger partial charge in [0.15, 0.2) is 0 Å². The van der Waals surface area contributed by atoms with Gasteiger partial charge < -0.3 is 4.98 Å². The Morgan fingerprint density at radius 2 is 2.13 bits per heavy atom. The molecule has 15 heavy (non-hydrogen) atoms. The van der Waals surface area contributed by atoms with Gasteiger partial charge in [-0.15, -0.1) is 0 Å². The second-order valence-corrected chi connectivity index (χ2v) is 4.16. The molecule has 2 rings (SSSR count). The number of hydrogen-bond acceptors (Lipinski definition) is 2. The Morgan fingerprint density at radius 1 is 1.33 bits per heavy atom.